The fourth-order valence-electron chi connectivity index (χ4n) is 1.84. The van der Waals surface area contributed by atoms with Crippen LogP contribution >= 0.6 is 15.9 Å². The van der Waals surface area contributed by atoms with Crippen LogP contribution in [-0.2, 0) is 0 Å². The molecule has 1 nitrogen and oxygen atoms in total. The van der Waals surface area contributed by atoms with Gasteiger partial charge in [-0.3, -0.25) is 0 Å². The maximum absolute atomic E-state index is 12.9. The van der Waals surface area contributed by atoms with Gasteiger partial charge in [0.1, 0.15) is 11.6 Å². The molecule has 3 heteroatoms. The lowest BCUT2D eigenvalue weighted by Crippen LogP contribution is -2.05. The molecule has 19 heavy (non-hydrogen) atoms. The highest BCUT2D eigenvalue weighted by Gasteiger charge is 2.11. The molecule has 0 heterocycles. The van der Waals surface area contributed by atoms with Gasteiger partial charge in [-0.2, -0.15) is 0 Å². The van der Waals surface area contributed by atoms with Gasteiger partial charge in [-0.05, 0) is 49.2 Å². The molecule has 1 atom stereocenters. The summed E-state index contributed by atoms with van der Waals surface area (Å²) >= 11 is 3.64. The molecule has 0 aliphatic carbocycles. The van der Waals surface area contributed by atoms with Crippen molar-refractivity contribution in [1.82, 2.24) is 0 Å². The van der Waals surface area contributed by atoms with Crippen LogP contribution in [0.3, 0.4) is 0 Å². The van der Waals surface area contributed by atoms with E-state index in [-0.39, 0.29) is 16.7 Å². The van der Waals surface area contributed by atoms with Gasteiger partial charge < -0.3 is 4.74 Å². The Morgan fingerprint density at radius 2 is 1.68 bits per heavy atom. The molecular formula is C16H16BrFO. The number of alkyl halides is 1. The average molecular weight is 323 g/mol. The van der Waals surface area contributed by atoms with Gasteiger partial charge in [0.25, 0.3) is 0 Å². The molecule has 0 aromatic heterocycles. The minimum absolute atomic E-state index is 0.0313. The van der Waals surface area contributed by atoms with E-state index in [0.717, 1.165) is 16.9 Å². The molecule has 0 saturated carbocycles. The highest BCUT2D eigenvalue weighted by atomic mass is 79.9. The molecule has 0 radical (unpaired) electrons. The third kappa shape index (κ3) is 3.80. The first kappa shape index (κ1) is 14.1. The first-order chi connectivity index (χ1) is 9.06. The average Bonchev–Trinajstić information content (AvgIpc) is 2.38. The molecule has 2 rings (SSSR count). The van der Waals surface area contributed by atoms with E-state index in [1.165, 1.54) is 12.1 Å². The van der Waals surface area contributed by atoms with Crippen molar-refractivity contribution in [2.24, 2.45) is 0 Å². The van der Waals surface area contributed by atoms with Gasteiger partial charge >= 0.3 is 0 Å². The van der Waals surface area contributed by atoms with Crippen LogP contribution in [0, 0.1) is 5.82 Å². The molecular weight excluding hydrogens is 307 g/mol. The molecule has 1 unspecified atom stereocenters. The maximum atomic E-state index is 12.9. The van der Waals surface area contributed by atoms with Crippen molar-refractivity contribution in [3.63, 3.8) is 0 Å². The molecule has 0 bridgehead atoms. The van der Waals surface area contributed by atoms with Gasteiger partial charge in [0.05, 0.1) is 10.9 Å². The van der Waals surface area contributed by atoms with Crippen LogP contribution in [0.4, 0.5) is 4.39 Å². The molecule has 0 spiro atoms. The van der Waals surface area contributed by atoms with Crippen molar-refractivity contribution in [3.05, 3.63) is 65.5 Å². The second-order valence-electron chi connectivity index (χ2n) is 4.65. The Morgan fingerprint density at radius 1 is 1.00 bits per heavy atom. The van der Waals surface area contributed by atoms with Gasteiger partial charge in [0.15, 0.2) is 0 Å². The van der Waals surface area contributed by atoms with E-state index in [9.17, 15) is 4.39 Å². The summed E-state index contributed by atoms with van der Waals surface area (Å²) in [6, 6.07) is 14.4. The van der Waals surface area contributed by atoms with Gasteiger partial charge in [-0.1, -0.05) is 40.2 Å². The zero-order valence-electron chi connectivity index (χ0n) is 10.9. The summed E-state index contributed by atoms with van der Waals surface area (Å²) in [5.74, 6) is 0.624. The summed E-state index contributed by atoms with van der Waals surface area (Å²) < 4.78 is 18.6. The summed E-state index contributed by atoms with van der Waals surface area (Å²) in [5.41, 5.74) is 2.10. The second kappa shape index (κ2) is 6.20. The van der Waals surface area contributed by atoms with Gasteiger partial charge in [-0.15, -0.1) is 0 Å². The van der Waals surface area contributed by atoms with E-state index < -0.39 is 0 Å². The number of halogens is 2. The zero-order chi connectivity index (χ0) is 13.8. The third-order valence-electron chi connectivity index (χ3n) is 2.69. The van der Waals surface area contributed by atoms with E-state index in [1.54, 1.807) is 12.1 Å². The topological polar surface area (TPSA) is 9.23 Å². The predicted molar refractivity (Wildman–Crippen MR) is 79.4 cm³/mol. The Hall–Kier alpha value is -1.35. The zero-order valence-corrected chi connectivity index (χ0v) is 12.5. The fraction of sp³-hybridized carbons (Fsp3) is 0.250. The van der Waals surface area contributed by atoms with Crippen LogP contribution in [0.2, 0.25) is 0 Å². The van der Waals surface area contributed by atoms with Crippen molar-refractivity contribution in [3.8, 4) is 5.75 Å². The highest BCUT2D eigenvalue weighted by Crippen LogP contribution is 2.32. The van der Waals surface area contributed by atoms with Crippen molar-refractivity contribution >= 4 is 15.9 Å². The number of ether oxygens (including phenoxy) is 1. The summed E-state index contributed by atoms with van der Waals surface area (Å²) in [5, 5.41) is 0. The second-order valence-corrected chi connectivity index (χ2v) is 5.57. The number of rotatable bonds is 4. The molecule has 2 aromatic rings. The van der Waals surface area contributed by atoms with Crippen LogP contribution in [0.5, 0.6) is 5.75 Å². The van der Waals surface area contributed by atoms with E-state index in [2.05, 4.69) is 15.9 Å². The van der Waals surface area contributed by atoms with E-state index in [0.29, 0.717) is 0 Å². The minimum Gasteiger partial charge on any atom is -0.491 e. The SMILES string of the molecule is CC(C)Oc1cccc(C(Br)c2ccc(F)cc2)c1. The van der Waals surface area contributed by atoms with E-state index in [4.69, 9.17) is 4.74 Å². The molecule has 0 aliphatic heterocycles. The summed E-state index contributed by atoms with van der Waals surface area (Å²) in [6.07, 6.45) is 0.148. The minimum atomic E-state index is -0.222. The fourth-order valence-corrected chi connectivity index (χ4v) is 2.43. The van der Waals surface area contributed by atoms with Crippen molar-refractivity contribution in [2.45, 2.75) is 24.8 Å². The predicted octanol–water partition coefficient (Wildman–Crippen LogP) is 5.10. The molecule has 0 N–H and O–H groups in total. The first-order valence-electron chi connectivity index (χ1n) is 6.22. The molecule has 0 aliphatic rings. The van der Waals surface area contributed by atoms with Crippen LogP contribution in [0.1, 0.15) is 29.8 Å². The van der Waals surface area contributed by atoms with Gasteiger partial charge in [0.2, 0.25) is 0 Å². The standard InChI is InChI=1S/C16H16BrFO/c1-11(2)19-15-5-3-4-13(10-15)16(17)12-6-8-14(18)9-7-12/h3-11,16H,1-2H3. The maximum Gasteiger partial charge on any atom is 0.123 e. The van der Waals surface area contributed by atoms with Crippen LogP contribution in [-0.4, -0.2) is 6.10 Å². The van der Waals surface area contributed by atoms with Crippen molar-refractivity contribution in [2.75, 3.05) is 0 Å². The van der Waals surface area contributed by atoms with E-state index >= 15 is 0 Å². The third-order valence-corrected chi connectivity index (χ3v) is 3.74. The number of hydrogen-bond donors (Lipinski definition) is 0. The summed E-state index contributed by atoms with van der Waals surface area (Å²) in [7, 11) is 0. The van der Waals surface area contributed by atoms with Crippen LogP contribution in [0.15, 0.2) is 48.5 Å². The lowest BCUT2D eigenvalue weighted by Gasteiger charge is -2.14. The highest BCUT2D eigenvalue weighted by molar-refractivity contribution is 9.09. The van der Waals surface area contributed by atoms with Gasteiger partial charge in [-0.25, -0.2) is 4.39 Å². The smallest absolute Gasteiger partial charge is 0.123 e. The van der Waals surface area contributed by atoms with Crippen molar-refractivity contribution in [1.29, 1.82) is 0 Å². The summed E-state index contributed by atoms with van der Waals surface area (Å²) in [4.78, 5) is 0.0313. The lowest BCUT2D eigenvalue weighted by atomic mass is 10.0. The number of hydrogen-bond acceptors (Lipinski definition) is 1. The van der Waals surface area contributed by atoms with E-state index in [1.807, 2.05) is 38.1 Å². The van der Waals surface area contributed by atoms with Gasteiger partial charge in [0, 0.05) is 0 Å². The quantitative estimate of drug-likeness (QED) is 0.712. The Bertz CT molecular complexity index is 537. The molecule has 100 valence electrons. The first-order valence-corrected chi connectivity index (χ1v) is 7.14. The Labute approximate surface area is 121 Å². The largest absolute Gasteiger partial charge is 0.491 e. The Kier molecular flexibility index (Phi) is 4.59. The Morgan fingerprint density at radius 3 is 2.32 bits per heavy atom. The number of benzene rings is 2. The monoisotopic (exact) mass is 322 g/mol. The molecule has 0 saturated heterocycles. The Balaban J connectivity index is 2.23. The van der Waals surface area contributed by atoms with Crippen LogP contribution in [0.25, 0.3) is 0 Å². The molecule has 0 amide bonds. The van der Waals surface area contributed by atoms with Crippen LogP contribution < -0.4 is 4.74 Å². The molecule has 0 fully saturated rings. The normalized spacial score (nSPS) is 12.5. The lowest BCUT2D eigenvalue weighted by molar-refractivity contribution is 0.242. The molecule has 2 aromatic carbocycles. The van der Waals surface area contributed by atoms with Crippen molar-refractivity contribution < 1.29 is 9.13 Å². The summed E-state index contributed by atoms with van der Waals surface area (Å²) in [6.45, 7) is 4.00.